The van der Waals surface area contributed by atoms with E-state index in [1.54, 1.807) is 33.1 Å². The third-order valence-corrected chi connectivity index (χ3v) is 6.99. The van der Waals surface area contributed by atoms with Crippen molar-refractivity contribution >= 4 is 35.0 Å². The second kappa shape index (κ2) is 9.85. The topological polar surface area (TPSA) is 64.6 Å². The van der Waals surface area contributed by atoms with Crippen LogP contribution in [0, 0.1) is 0 Å². The lowest BCUT2D eigenvalue weighted by Gasteiger charge is -2.37. The minimum atomic E-state index is -0.582. The summed E-state index contributed by atoms with van der Waals surface area (Å²) in [6, 6.07) is 13.0. The van der Waals surface area contributed by atoms with Crippen LogP contribution in [0.3, 0.4) is 0 Å². The summed E-state index contributed by atoms with van der Waals surface area (Å²) >= 11 is 12.5. The standard InChI is InChI=1S/C27H27Cl2NO4/c1-14(2)34-27(32)24-15(3)30-22-12-18(16-5-8-19(33-4)9-6-16)13-23(31)26(22)25(24)17-7-10-20(28)21(29)11-17/h5-11,14,18,25,30H,12-13H2,1-4H3. The minimum absolute atomic E-state index is 0.00649. The molecule has 1 N–H and O–H groups in total. The Morgan fingerprint density at radius 1 is 1.03 bits per heavy atom. The van der Waals surface area contributed by atoms with Crippen molar-refractivity contribution in [2.75, 3.05) is 7.11 Å². The number of rotatable bonds is 5. The molecule has 1 heterocycles. The van der Waals surface area contributed by atoms with Gasteiger partial charge in [-0.25, -0.2) is 4.79 Å². The fourth-order valence-electron chi connectivity index (χ4n) is 4.72. The number of carbonyl (C=O) groups excluding carboxylic acids is 2. The number of hydrogen-bond acceptors (Lipinski definition) is 5. The van der Waals surface area contributed by atoms with Crippen LogP contribution in [0.1, 0.15) is 56.6 Å². The van der Waals surface area contributed by atoms with Gasteiger partial charge in [-0.3, -0.25) is 4.79 Å². The van der Waals surface area contributed by atoms with E-state index in [1.807, 2.05) is 37.3 Å². The van der Waals surface area contributed by atoms with Gasteiger partial charge in [-0.1, -0.05) is 41.4 Å². The molecule has 0 saturated heterocycles. The van der Waals surface area contributed by atoms with Crippen molar-refractivity contribution in [2.45, 2.75) is 51.6 Å². The van der Waals surface area contributed by atoms with Gasteiger partial charge in [0.25, 0.3) is 0 Å². The summed E-state index contributed by atoms with van der Waals surface area (Å²) in [7, 11) is 1.63. The number of esters is 1. The molecular formula is C27H27Cl2NO4. The van der Waals surface area contributed by atoms with E-state index in [2.05, 4.69) is 5.32 Å². The summed E-state index contributed by atoms with van der Waals surface area (Å²) in [5, 5.41) is 4.14. The third kappa shape index (κ3) is 4.73. The molecule has 0 radical (unpaired) electrons. The van der Waals surface area contributed by atoms with Crippen LogP contribution in [0.15, 0.2) is 65.0 Å². The van der Waals surface area contributed by atoms with Crippen molar-refractivity contribution in [1.82, 2.24) is 5.32 Å². The Kier molecular flexibility index (Phi) is 7.06. The van der Waals surface area contributed by atoms with Crippen molar-refractivity contribution in [1.29, 1.82) is 0 Å². The minimum Gasteiger partial charge on any atom is -0.497 e. The molecule has 5 nitrogen and oxygen atoms in total. The Labute approximate surface area is 209 Å². The summed E-state index contributed by atoms with van der Waals surface area (Å²) in [5.74, 6) is -0.244. The number of ether oxygens (including phenoxy) is 2. The van der Waals surface area contributed by atoms with Crippen LogP contribution in [0.25, 0.3) is 0 Å². The van der Waals surface area contributed by atoms with Gasteiger partial charge in [0.15, 0.2) is 5.78 Å². The van der Waals surface area contributed by atoms with E-state index in [0.717, 1.165) is 22.6 Å². The van der Waals surface area contributed by atoms with Gasteiger partial charge in [-0.15, -0.1) is 0 Å². The second-order valence-electron chi connectivity index (χ2n) is 8.92. The Hall–Kier alpha value is -2.76. The molecule has 0 saturated carbocycles. The summed E-state index contributed by atoms with van der Waals surface area (Å²) in [4.78, 5) is 26.8. The van der Waals surface area contributed by atoms with Crippen molar-refractivity contribution in [3.63, 3.8) is 0 Å². The largest absolute Gasteiger partial charge is 0.497 e. The Bertz CT molecular complexity index is 1200. The van der Waals surface area contributed by atoms with E-state index in [4.69, 9.17) is 32.7 Å². The smallest absolute Gasteiger partial charge is 0.337 e. The van der Waals surface area contributed by atoms with E-state index in [-0.39, 0.29) is 17.8 Å². The van der Waals surface area contributed by atoms with Crippen molar-refractivity contribution < 1.29 is 19.1 Å². The number of carbonyl (C=O) groups is 2. The van der Waals surface area contributed by atoms with Crippen molar-refractivity contribution in [2.24, 2.45) is 0 Å². The van der Waals surface area contributed by atoms with E-state index >= 15 is 0 Å². The first kappa shape index (κ1) is 24.4. The number of Topliss-reactive ketones (excluding diaryl/α,β-unsaturated/α-hetero) is 1. The summed E-state index contributed by atoms with van der Waals surface area (Å²) in [6.45, 7) is 5.44. The van der Waals surface area contributed by atoms with Crippen LogP contribution in [-0.2, 0) is 14.3 Å². The SMILES string of the molecule is COc1ccc(C2CC(=O)C3=C(C2)NC(C)=C(C(=O)OC(C)C)C3c2ccc(Cl)c(Cl)c2)cc1. The maximum atomic E-state index is 13.6. The molecule has 0 aromatic heterocycles. The van der Waals surface area contributed by atoms with Gasteiger partial charge in [0.1, 0.15) is 5.75 Å². The Morgan fingerprint density at radius 3 is 2.32 bits per heavy atom. The molecule has 4 rings (SSSR count). The number of dihydropyridines is 1. The quantitative estimate of drug-likeness (QED) is 0.487. The maximum absolute atomic E-state index is 13.6. The molecule has 2 atom stereocenters. The van der Waals surface area contributed by atoms with E-state index in [9.17, 15) is 9.59 Å². The number of hydrogen-bond donors (Lipinski definition) is 1. The molecule has 0 spiro atoms. The molecule has 1 aliphatic carbocycles. The first-order valence-electron chi connectivity index (χ1n) is 11.2. The molecular weight excluding hydrogens is 473 g/mol. The summed E-state index contributed by atoms with van der Waals surface area (Å²) < 4.78 is 10.8. The zero-order chi connectivity index (χ0) is 24.6. The van der Waals surface area contributed by atoms with Gasteiger partial charge >= 0.3 is 5.97 Å². The van der Waals surface area contributed by atoms with E-state index < -0.39 is 11.9 Å². The van der Waals surface area contributed by atoms with Gasteiger partial charge in [0, 0.05) is 29.3 Å². The van der Waals surface area contributed by atoms with Crippen molar-refractivity contribution in [3.8, 4) is 5.75 Å². The fourth-order valence-corrected chi connectivity index (χ4v) is 5.03. The number of halogens is 2. The molecule has 2 unspecified atom stereocenters. The molecule has 7 heteroatoms. The van der Waals surface area contributed by atoms with Crippen LogP contribution >= 0.6 is 23.2 Å². The molecule has 34 heavy (non-hydrogen) atoms. The number of ketones is 1. The van der Waals surface area contributed by atoms with Crippen molar-refractivity contribution in [3.05, 3.63) is 86.2 Å². The molecule has 178 valence electrons. The average Bonchev–Trinajstić information content (AvgIpc) is 2.79. The first-order valence-corrected chi connectivity index (χ1v) is 12.0. The second-order valence-corrected chi connectivity index (χ2v) is 9.73. The van der Waals surface area contributed by atoms with Gasteiger partial charge < -0.3 is 14.8 Å². The number of allylic oxidation sites excluding steroid dienone is 3. The van der Waals surface area contributed by atoms with Crippen LogP contribution in [-0.4, -0.2) is 25.0 Å². The number of methoxy groups -OCH3 is 1. The molecule has 0 amide bonds. The Morgan fingerprint density at radius 2 is 1.71 bits per heavy atom. The van der Waals surface area contributed by atoms with Gasteiger partial charge in [-0.05, 0) is 68.5 Å². The molecule has 0 bridgehead atoms. The monoisotopic (exact) mass is 499 g/mol. The highest BCUT2D eigenvalue weighted by Crippen LogP contribution is 2.46. The first-order chi connectivity index (χ1) is 16.2. The molecule has 2 aromatic carbocycles. The maximum Gasteiger partial charge on any atom is 0.337 e. The highest BCUT2D eigenvalue weighted by Gasteiger charge is 2.41. The zero-order valence-corrected chi connectivity index (χ0v) is 21.1. The molecule has 0 fully saturated rings. The summed E-state index contributed by atoms with van der Waals surface area (Å²) in [6.07, 6.45) is 0.699. The highest BCUT2D eigenvalue weighted by atomic mass is 35.5. The van der Waals surface area contributed by atoms with Crippen LogP contribution in [0.5, 0.6) is 5.75 Å². The van der Waals surface area contributed by atoms with Gasteiger partial charge in [0.05, 0.1) is 28.8 Å². The molecule has 1 aliphatic heterocycles. The van der Waals surface area contributed by atoms with E-state index in [1.165, 1.54) is 0 Å². The highest BCUT2D eigenvalue weighted by molar-refractivity contribution is 6.42. The van der Waals surface area contributed by atoms with Crippen LogP contribution in [0.2, 0.25) is 10.0 Å². The molecule has 2 aromatic rings. The van der Waals surface area contributed by atoms with Crippen LogP contribution in [0.4, 0.5) is 0 Å². The van der Waals surface area contributed by atoms with Gasteiger partial charge in [0.2, 0.25) is 0 Å². The predicted octanol–water partition coefficient (Wildman–Crippen LogP) is 6.32. The number of nitrogens with one attached hydrogen (secondary N) is 1. The van der Waals surface area contributed by atoms with Gasteiger partial charge in [-0.2, -0.15) is 0 Å². The lowest BCUT2D eigenvalue weighted by Crippen LogP contribution is -2.36. The average molecular weight is 500 g/mol. The lowest BCUT2D eigenvalue weighted by atomic mass is 9.71. The van der Waals surface area contributed by atoms with Crippen LogP contribution < -0.4 is 10.1 Å². The lowest BCUT2D eigenvalue weighted by molar-refractivity contribution is -0.143. The third-order valence-electron chi connectivity index (χ3n) is 6.25. The fraction of sp³-hybridized carbons (Fsp3) is 0.333. The summed E-state index contributed by atoms with van der Waals surface area (Å²) in [5.41, 5.74) is 4.30. The Balaban J connectivity index is 1.78. The normalized spacial score (nSPS) is 20.3. The predicted molar refractivity (Wildman–Crippen MR) is 133 cm³/mol. The zero-order valence-electron chi connectivity index (χ0n) is 19.6. The molecule has 2 aliphatic rings. The number of benzene rings is 2. The van der Waals surface area contributed by atoms with E-state index in [0.29, 0.717) is 39.7 Å².